The number of aliphatic carboxylic acids is 1. The molecule has 0 atom stereocenters. The minimum Gasteiger partial charge on any atom is -0.494 e. The van der Waals surface area contributed by atoms with Gasteiger partial charge >= 0.3 is 12.0 Å². The van der Waals surface area contributed by atoms with Crippen molar-refractivity contribution in [3.63, 3.8) is 0 Å². The fourth-order valence-corrected chi connectivity index (χ4v) is 2.70. The summed E-state index contributed by atoms with van der Waals surface area (Å²) in [4.78, 5) is 22.7. The maximum absolute atomic E-state index is 11.8. The highest BCUT2D eigenvalue weighted by molar-refractivity contribution is 5.74. The number of carbonyl (C=O) groups excluding carboxylic acids is 1. The summed E-state index contributed by atoms with van der Waals surface area (Å²) < 4.78 is 5.54. The van der Waals surface area contributed by atoms with Gasteiger partial charge in [0.15, 0.2) is 0 Å². The molecule has 2 rings (SSSR count). The number of rotatable bonds is 7. The lowest BCUT2D eigenvalue weighted by atomic mass is 9.86. The van der Waals surface area contributed by atoms with Gasteiger partial charge in [-0.1, -0.05) is 18.2 Å². The molecule has 0 unspecified atom stereocenters. The fourth-order valence-electron chi connectivity index (χ4n) is 2.70. The summed E-state index contributed by atoms with van der Waals surface area (Å²) in [6.07, 6.45) is 3.44. The number of ether oxygens (including phenoxy) is 1. The van der Waals surface area contributed by atoms with Gasteiger partial charge in [-0.3, -0.25) is 4.79 Å². The summed E-state index contributed by atoms with van der Waals surface area (Å²) in [5.41, 5.74) is 0. The van der Waals surface area contributed by atoms with E-state index in [1.165, 1.54) is 0 Å². The van der Waals surface area contributed by atoms with Crippen LogP contribution in [0.5, 0.6) is 5.75 Å². The number of hydrogen-bond acceptors (Lipinski definition) is 3. The highest BCUT2D eigenvalue weighted by Gasteiger charge is 2.26. The van der Waals surface area contributed by atoms with Crippen LogP contribution in [0.1, 0.15) is 32.1 Å². The summed E-state index contributed by atoms with van der Waals surface area (Å²) >= 11 is 0. The van der Waals surface area contributed by atoms with Gasteiger partial charge in [-0.15, -0.1) is 0 Å². The second-order valence-electron chi connectivity index (χ2n) is 5.80. The van der Waals surface area contributed by atoms with E-state index in [1.807, 2.05) is 30.3 Å². The van der Waals surface area contributed by atoms with Crippen molar-refractivity contribution in [1.29, 1.82) is 0 Å². The van der Waals surface area contributed by atoms with Gasteiger partial charge in [-0.05, 0) is 44.2 Å². The molecule has 23 heavy (non-hydrogen) atoms. The molecular formula is C17H24N2O4. The van der Waals surface area contributed by atoms with E-state index in [2.05, 4.69) is 10.6 Å². The first kappa shape index (κ1) is 17.1. The molecule has 0 spiro atoms. The first-order valence-electron chi connectivity index (χ1n) is 8.10. The van der Waals surface area contributed by atoms with E-state index in [4.69, 9.17) is 9.84 Å². The van der Waals surface area contributed by atoms with E-state index < -0.39 is 5.97 Å². The summed E-state index contributed by atoms with van der Waals surface area (Å²) in [6, 6.07) is 9.44. The molecule has 0 aliphatic heterocycles. The average Bonchev–Trinajstić information content (AvgIpc) is 2.56. The standard InChI is InChI=1S/C17H24N2O4/c20-16(21)13-7-9-14(10-8-13)19-17(22)18-11-4-12-23-15-5-2-1-3-6-15/h1-3,5-6,13-14H,4,7-12H2,(H,20,21)(H2,18,19,22). The average molecular weight is 320 g/mol. The van der Waals surface area contributed by atoms with Crippen LogP contribution in [0, 0.1) is 5.92 Å². The molecule has 6 heteroatoms. The third-order valence-electron chi connectivity index (χ3n) is 4.03. The smallest absolute Gasteiger partial charge is 0.315 e. The van der Waals surface area contributed by atoms with Crippen molar-refractivity contribution in [3.8, 4) is 5.75 Å². The maximum Gasteiger partial charge on any atom is 0.315 e. The van der Waals surface area contributed by atoms with Crippen molar-refractivity contribution in [2.45, 2.75) is 38.1 Å². The fraction of sp³-hybridized carbons (Fsp3) is 0.529. The van der Waals surface area contributed by atoms with Gasteiger partial charge in [0.2, 0.25) is 0 Å². The Balaban J connectivity index is 1.53. The van der Waals surface area contributed by atoms with E-state index in [9.17, 15) is 9.59 Å². The number of nitrogens with one attached hydrogen (secondary N) is 2. The van der Waals surface area contributed by atoms with Crippen LogP contribution in [0.15, 0.2) is 30.3 Å². The first-order valence-corrected chi connectivity index (χ1v) is 8.10. The molecule has 3 N–H and O–H groups in total. The van der Waals surface area contributed by atoms with Crippen molar-refractivity contribution < 1.29 is 19.4 Å². The maximum atomic E-state index is 11.8. The molecule has 1 aliphatic rings. The van der Waals surface area contributed by atoms with Crippen molar-refractivity contribution in [1.82, 2.24) is 10.6 Å². The largest absolute Gasteiger partial charge is 0.494 e. The van der Waals surface area contributed by atoms with Crippen LogP contribution in [0.25, 0.3) is 0 Å². The Bertz CT molecular complexity index is 499. The van der Waals surface area contributed by atoms with Crippen LogP contribution >= 0.6 is 0 Å². The van der Waals surface area contributed by atoms with Crippen LogP contribution in [-0.4, -0.2) is 36.3 Å². The van der Waals surface area contributed by atoms with Gasteiger partial charge in [-0.2, -0.15) is 0 Å². The zero-order valence-corrected chi connectivity index (χ0v) is 13.2. The second-order valence-corrected chi connectivity index (χ2v) is 5.80. The molecule has 126 valence electrons. The number of amides is 2. The molecule has 0 radical (unpaired) electrons. The van der Waals surface area contributed by atoms with Gasteiger partial charge in [-0.25, -0.2) is 4.79 Å². The third kappa shape index (κ3) is 6.18. The monoisotopic (exact) mass is 320 g/mol. The topological polar surface area (TPSA) is 87.7 Å². The van der Waals surface area contributed by atoms with Crippen molar-refractivity contribution in [2.75, 3.05) is 13.2 Å². The van der Waals surface area contributed by atoms with Crippen molar-refractivity contribution in [3.05, 3.63) is 30.3 Å². The molecular weight excluding hydrogens is 296 g/mol. The Labute approximate surface area is 136 Å². The summed E-state index contributed by atoms with van der Waals surface area (Å²) in [7, 11) is 0. The number of para-hydroxylation sites is 1. The highest BCUT2D eigenvalue weighted by atomic mass is 16.5. The van der Waals surface area contributed by atoms with Gasteiger partial charge in [0, 0.05) is 12.6 Å². The van der Waals surface area contributed by atoms with Gasteiger partial charge < -0.3 is 20.5 Å². The molecule has 1 fully saturated rings. The van der Waals surface area contributed by atoms with Crippen LogP contribution in [-0.2, 0) is 4.79 Å². The van der Waals surface area contributed by atoms with E-state index in [1.54, 1.807) is 0 Å². The molecule has 0 saturated heterocycles. The Kier molecular flexibility index (Phi) is 6.72. The quantitative estimate of drug-likeness (QED) is 0.673. The van der Waals surface area contributed by atoms with E-state index in [-0.39, 0.29) is 18.0 Å². The van der Waals surface area contributed by atoms with Gasteiger partial charge in [0.1, 0.15) is 5.75 Å². The zero-order chi connectivity index (χ0) is 16.5. The number of carboxylic acid groups (broad SMARTS) is 1. The lowest BCUT2D eigenvalue weighted by molar-refractivity contribution is -0.142. The van der Waals surface area contributed by atoms with Crippen molar-refractivity contribution >= 4 is 12.0 Å². The second kappa shape index (κ2) is 9.02. The number of benzene rings is 1. The molecule has 1 aliphatic carbocycles. The van der Waals surface area contributed by atoms with Crippen molar-refractivity contribution in [2.24, 2.45) is 5.92 Å². The molecule has 0 aromatic heterocycles. The van der Waals surface area contributed by atoms with Crippen LogP contribution < -0.4 is 15.4 Å². The predicted molar refractivity (Wildman–Crippen MR) is 86.5 cm³/mol. The third-order valence-corrected chi connectivity index (χ3v) is 4.03. The molecule has 6 nitrogen and oxygen atoms in total. The molecule has 0 bridgehead atoms. The minimum atomic E-state index is -0.730. The summed E-state index contributed by atoms with van der Waals surface area (Å²) in [6.45, 7) is 1.09. The normalized spacial score (nSPS) is 20.5. The SMILES string of the molecule is O=C(NCCCOc1ccccc1)NC1CCC(C(=O)O)CC1. The molecule has 1 aromatic rings. The number of carbonyl (C=O) groups is 2. The Morgan fingerprint density at radius 1 is 1.13 bits per heavy atom. The molecule has 1 saturated carbocycles. The lowest BCUT2D eigenvalue weighted by Crippen LogP contribution is -2.44. The molecule has 1 aromatic carbocycles. The minimum absolute atomic E-state index is 0.0752. The highest BCUT2D eigenvalue weighted by Crippen LogP contribution is 2.24. The predicted octanol–water partition coefficient (Wildman–Crippen LogP) is 2.40. The molecule has 0 heterocycles. The van der Waals surface area contributed by atoms with Crippen LogP contribution in [0.4, 0.5) is 4.79 Å². The van der Waals surface area contributed by atoms with Crippen LogP contribution in [0.2, 0.25) is 0 Å². The lowest BCUT2D eigenvalue weighted by Gasteiger charge is -2.26. The first-order chi connectivity index (χ1) is 11.1. The number of urea groups is 1. The van der Waals surface area contributed by atoms with Gasteiger partial charge in [0.05, 0.1) is 12.5 Å². The zero-order valence-electron chi connectivity index (χ0n) is 13.2. The number of hydrogen-bond donors (Lipinski definition) is 3. The van der Waals surface area contributed by atoms with Crippen LogP contribution in [0.3, 0.4) is 0 Å². The van der Waals surface area contributed by atoms with E-state index >= 15 is 0 Å². The molecule has 2 amide bonds. The summed E-state index contributed by atoms with van der Waals surface area (Å²) in [5, 5.41) is 14.7. The number of carboxylic acids is 1. The van der Waals surface area contributed by atoms with E-state index in [0.717, 1.165) is 25.0 Å². The van der Waals surface area contributed by atoms with E-state index in [0.29, 0.717) is 26.0 Å². The Morgan fingerprint density at radius 2 is 1.83 bits per heavy atom. The Morgan fingerprint density at radius 3 is 2.48 bits per heavy atom. The van der Waals surface area contributed by atoms with Gasteiger partial charge in [0.25, 0.3) is 0 Å². The summed E-state index contributed by atoms with van der Waals surface area (Å²) in [5.74, 6) is -0.162. The Hall–Kier alpha value is -2.24.